The molecule has 0 aliphatic heterocycles. The van der Waals surface area contributed by atoms with E-state index in [4.69, 9.17) is 4.74 Å². The van der Waals surface area contributed by atoms with E-state index in [1.807, 2.05) is 0 Å². The zero-order chi connectivity index (χ0) is 13.3. The molecule has 0 aromatic carbocycles. The van der Waals surface area contributed by atoms with Crippen LogP contribution in [0.1, 0.15) is 33.1 Å². The van der Waals surface area contributed by atoms with Crippen LogP contribution in [-0.4, -0.2) is 37.6 Å². The highest BCUT2D eigenvalue weighted by Gasteiger charge is 2.20. The number of rotatable bonds is 7. The lowest BCUT2D eigenvalue weighted by Crippen LogP contribution is -2.40. The second kappa shape index (κ2) is 8.55. The van der Waals surface area contributed by atoms with Crippen LogP contribution in [0.15, 0.2) is 0 Å². The topological polar surface area (TPSA) is 81.7 Å². The Hall–Kier alpha value is -1.59. The minimum absolute atomic E-state index is 0.214. The van der Waals surface area contributed by atoms with Crippen LogP contribution >= 0.6 is 0 Å². The zero-order valence-electron chi connectivity index (χ0n) is 10.4. The molecule has 0 spiro atoms. The summed E-state index contributed by atoms with van der Waals surface area (Å²) in [5.74, 6) is -1.12. The third-order valence-corrected chi connectivity index (χ3v) is 2.05. The number of hydrogen-bond donors (Lipinski definition) is 1. The van der Waals surface area contributed by atoms with Gasteiger partial charge in [-0.3, -0.25) is 9.59 Å². The summed E-state index contributed by atoms with van der Waals surface area (Å²) in [6.07, 6.45) is 1.02. The van der Waals surface area contributed by atoms with Crippen molar-refractivity contribution in [1.82, 2.24) is 5.32 Å². The van der Waals surface area contributed by atoms with E-state index in [1.54, 1.807) is 6.92 Å². The van der Waals surface area contributed by atoms with E-state index in [2.05, 4.69) is 10.1 Å². The standard InChI is InChI=1S/C11H19NO5/c1-4-17-11(15)9(12-8(2)13)6-5-7-10(14)16-3/h9H,4-7H2,1-3H3,(H,12,13)/t9-/m0/s1. The molecule has 0 aliphatic carbocycles. The predicted molar refractivity (Wildman–Crippen MR) is 60.1 cm³/mol. The second-order valence-electron chi connectivity index (χ2n) is 3.47. The van der Waals surface area contributed by atoms with E-state index >= 15 is 0 Å². The van der Waals surface area contributed by atoms with Gasteiger partial charge in [-0.1, -0.05) is 0 Å². The zero-order valence-corrected chi connectivity index (χ0v) is 10.4. The fourth-order valence-corrected chi connectivity index (χ4v) is 1.29. The van der Waals surface area contributed by atoms with Gasteiger partial charge in [-0.15, -0.1) is 0 Å². The van der Waals surface area contributed by atoms with Gasteiger partial charge < -0.3 is 14.8 Å². The molecule has 1 amide bonds. The van der Waals surface area contributed by atoms with Crippen LogP contribution in [0.4, 0.5) is 0 Å². The average molecular weight is 245 g/mol. The third kappa shape index (κ3) is 7.32. The van der Waals surface area contributed by atoms with E-state index in [0.717, 1.165) is 0 Å². The van der Waals surface area contributed by atoms with Crippen LogP contribution in [0.2, 0.25) is 0 Å². The molecular formula is C11H19NO5. The van der Waals surface area contributed by atoms with Crippen LogP contribution in [0, 0.1) is 0 Å². The van der Waals surface area contributed by atoms with Gasteiger partial charge in [0.15, 0.2) is 0 Å². The number of ether oxygens (including phenoxy) is 2. The lowest BCUT2D eigenvalue weighted by atomic mass is 10.1. The Labute approximate surface area is 101 Å². The summed E-state index contributed by atoms with van der Waals surface area (Å²) in [5.41, 5.74) is 0. The largest absolute Gasteiger partial charge is 0.469 e. The maximum absolute atomic E-state index is 11.5. The number of carbonyl (C=O) groups excluding carboxylic acids is 3. The SMILES string of the molecule is CCOC(=O)[C@H](CCCC(=O)OC)NC(C)=O. The molecule has 0 aliphatic rings. The van der Waals surface area contributed by atoms with Crippen molar-refractivity contribution in [1.29, 1.82) is 0 Å². The van der Waals surface area contributed by atoms with Crippen molar-refractivity contribution in [3.05, 3.63) is 0 Å². The van der Waals surface area contributed by atoms with Crippen molar-refractivity contribution < 1.29 is 23.9 Å². The molecule has 0 fully saturated rings. The number of esters is 2. The molecule has 0 unspecified atom stereocenters. The van der Waals surface area contributed by atoms with Crippen molar-refractivity contribution in [2.45, 2.75) is 39.2 Å². The lowest BCUT2D eigenvalue weighted by molar-refractivity contribution is -0.148. The van der Waals surface area contributed by atoms with Gasteiger partial charge in [0.2, 0.25) is 5.91 Å². The van der Waals surface area contributed by atoms with Crippen LogP contribution in [-0.2, 0) is 23.9 Å². The summed E-state index contributed by atoms with van der Waals surface area (Å²) >= 11 is 0. The minimum Gasteiger partial charge on any atom is -0.469 e. The highest BCUT2D eigenvalue weighted by molar-refractivity contribution is 5.83. The summed E-state index contributed by atoms with van der Waals surface area (Å²) in [6.45, 7) is 3.27. The molecule has 0 heterocycles. The van der Waals surface area contributed by atoms with Gasteiger partial charge in [-0.05, 0) is 19.8 Å². The molecule has 17 heavy (non-hydrogen) atoms. The van der Waals surface area contributed by atoms with Crippen molar-refractivity contribution in [3.8, 4) is 0 Å². The fraction of sp³-hybridized carbons (Fsp3) is 0.727. The van der Waals surface area contributed by atoms with Crippen molar-refractivity contribution in [2.75, 3.05) is 13.7 Å². The first-order valence-electron chi connectivity index (χ1n) is 5.51. The maximum Gasteiger partial charge on any atom is 0.328 e. The Balaban J connectivity index is 4.14. The van der Waals surface area contributed by atoms with Gasteiger partial charge in [0.1, 0.15) is 6.04 Å². The summed E-state index contributed by atoms with van der Waals surface area (Å²) in [4.78, 5) is 33.3. The molecule has 0 aromatic rings. The molecule has 1 N–H and O–H groups in total. The molecule has 98 valence electrons. The Morgan fingerprint density at radius 1 is 1.29 bits per heavy atom. The smallest absolute Gasteiger partial charge is 0.328 e. The van der Waals surface area contributed by atoms with Gasteiger partial charge >= 0.3 is 11.9 Å². The van der Waals surface area contributed by atoms with Crippen LogP contribution in [0.25, 0.3) is 0 Å². The molecule has 0 rings (SSSR count). The minimum atomic E-state index is -0.697. The van der Waals surface area contributed by atoms with E-state index in [0.29, 0.717) is 12.8 Å². The molecule has 6 nitrogen and oxygen atoms in total. The lowest BCUT2D eigenvalue weighted by Gasteiger charge is -2.15. The van der Waals surface area contributed by atoms with E-state index in [1.165, 1.54) is 14.0 Å². The van der Waals surface area contributed by atoms with Crippen LogP contribution in [0.5, 0.6) is 0 Å². The molecule has 0 bridgehead atoms. The second-order valence-corrected chi connectivity index (χ2v) is 3.47. The molecule has 1 atom stereocenters. The molecule has 0 aromatic heterocycles. The average Bonchev–Trinajstić information content (AvgIpc) is 2.27. The predicted octanol–water partition coefficient (Wildman–Crippen LogP) is 0.398. The summed E-state index contributed by atoms with van der Waals surface area (Å²) in [6, 6.07) is -0.697. The summed E-state index contributed by atoms with van der Waals surface area (Å²) in [5, 5.41) is 2.49. The van der Waals surface area contributed by atoms with Crippen molar-refractivity contribution >= 4 is 17.8 Å². The third-order valence-electron chi connectivity index (χ3n) is 2.05. The maximum atomic E-state index is 11.5. The van der Waals surface area contributed by atoms with Gasteiger partial charge in [-0.2, -0.15) is 0 Å². The first kappa shape index (κ1) is 15.4. The molecule has 0 radical (unpaired) electrons. The van der Waals surface area contributed by atoms with Crippen LogP contribution in [0.3, 0.4) is 0 Å². The van der Waals surface area contributed by atoms with Gasteiger partial charge in [0, 0.05) is 13.3 Å². The van der Waals surface area contributed by atoms with Crippen molar-refractivity contribution in [2.24, 2.45) is 0 Å². The number of amides is 1. The van der Waals surface area contributed by atoms with E-state index in [-0.39, 0.29) is 24.9 Å². The van der Waals surface area contributed by atoms with Gasteiger partial charge in [0.05, 0.1) is 13.7 Å². The molecule has 0 saturated heterocycles. The Kier molecular flexibility index (Phi) is 7.75. The van der Waals surface area contributed by atoms with Gasteiger partial charge in [-0.25, -0.2) is 4.79 Å². The first-order valence-corrected chi connectivity index (χ1v) is 5.51. The Bertz CT molecular complexity index is 277. The Morgan fingerprint density at radius 3 is 2.41 bits per heavy atom. The number of nitrogens with one attached hydrogen (secondary N) is 1. The quantitative estimate of drug-likeness (QED) is 0.656. The normalized spacial score (nSPS) is 11.5. The van der Waals surface area contributed by atoms with Crippen molar-refractivity contribution in [3.63, 3.8) is 0 Å². The highest BCUT2D eigenvalue weighted by atomic mass is 16.5. The van der Waals surface area contributed by atoms with E-state index < -0.39 is 12.0 Å². The summed E-state index contributed by atoms with van der Waals surface area (Å²) in [7, 11) is 1.30. The molecular weight excluding hydrogens is 226 g/mol. The number of carbonyl (C=O) groups is 3. The molecule has 0 saturated carbocycles. The number of hydrogen-bond acceptors (Lipinski definition) is 5. The monoisotopic (exact) mass is 245 g/mol. The first-order chi connectivity index (χ1) is 8.01. The summed E-state index contributed by atoms with van der Waals surface area (Å²) < 4.78 is 9.30. The van der Waals surface area contributed by atoms with Gasteiger partial charge in [0.25, 0.3) is 0 Å². The fourth-order valence-electron chi connectivity index (χ4n) is 1.29. The number of methoxy groups -OCH3 is 1. The van der Waals surface area contributed by atoms with Crippen LogP contribution < -0.4 is 5.32 Å². The van der Waals surface area contributed by atoms with E-state index in [9.17, 15) is 14.4 Å². The Morgan fingerprint density at radius 2 is 1.94 bits per heavy atom. The highest BCUT2D eigenvalue weighted by Crippen LogP contribution is 2.04. The molecule has 6 heteroatoms.